The van der Waals surface area contributed by atoms with E-state index in [2.05, 4.69) is 15.3 Å². The summed E-state index contributed by atoms with van der Waals surface area (Å²) < 4.78 is 112. The number of piperazine rings is 1. The number of thiophene rings is 2. The molecule has 0 bridgehead atoms. The number of anilines is 2. The maximum atomic E-state index is 13.6. The minimum Gasteiger partial charge on any atom is -0.699 e. The van der Waals surface area contributed by atoms with E-state index in [1.54, 1.807) is 42.6 Å². The molecule has 0 spiro atoms. The number of alkyl halides is 3. The Morgan fingerprint density at radius 1 is 0.846 bits per heavy atom. The summed E-state index contributed by atoms with van der Waals surface area (Å²) in [5, 5.41) is 5.31. The van der Waals surface area contributed by atoms with Gasteiger partial charge in [-0.3, -0.25) is 9.27 Å². The van der Waals surface area contributed by atoms with Gasteiger partial charge in [-0.1, -0.05) is 35.3 Å². The molecule has 1 aliphatic heterocycles. The zero-order valence-electron chi connectivity index (χ0n) is 26.2. The number of nitrogens with zero attached hydrogens (tertiary/aromatic N) is 3. The SMILES string of the molecule is O=S(=O)(Nc1cc(F)cc(C(F)(F)F)c1)c1cc2c(N3CCNCC3)nccc2s1.O=S(=O)(O)c1cc2c(Cl)nccc2s1.[NH-]c1ccc(Cl)cc1. The summed E-state index contributed by atoms with van der Waals surface area (Å²) in [6.07, 6.45) is -1.74. The van der Waals surface area contributed by atoms with Crippen molar-refractivity contribution < 1.29 is 39.0 Å². The summed E-state index contributed by atoms with van der Waals surface area (Å²) in [5.74, 6) is -0.541. The van der Waals surface area contributed by atoms with Crippen molar-refractivity contribution in [3.63, 3.8) is 0 Å². The monoisotopic (exact) mass is 835 g/mol. The zero-order chi connectivity index (χ0) is 37.8. The fourth-order valence-electron chi connectivity index (χ4n) is 4.69. The number of hydrogen-bond acceptors (Lipinski definition) is 10. The van der Waals surface area contributed by atoms with Crippen LogP contribution in [0.4, 0.5) is 34.8 Å². The third-order valence-electron chi connectivity index (χ3n) is 7.03. The highest BCUT2D eigenvalue weighted by molar-refractivity contribution is 7.94. The molecule has 7 rings (SSSR count). The third kappa shape index (κ3) is 9.98. The second-order valence-corrected chi connectivity index (χ2v) is 17.3. The van der Waals surface area contributed by atoms with Crippen LogP contribution in [0, 0.1) is 5.82 Å². The van der Waals surface area contributed by atoms with Crippen LogP contribution in [0.5, 0.6) is 0 Å². The van der Waals surface area contributed by atoms with Crippen LogP contribution in [0.25, 0.3) is 25.9 Å². The van der Waals surface area contributed by atoms with E-state index in [4.69, 9.17) is 33.5 Å². The molecule has 11 nitrogen and oxygen atoms in total. The molecule has 1 saturated heterocycles. The van der Waals surface area contributed by atoms with E-state index in [1.807, 2.05) is 9.62 Å². The normalized spacial score (nSPS) is 13.6. The van der Waals surface area contributed by atoms with Crippen LogP contribution in [0.3, 0.4) is 0 Å². The van der Waals surface area contributed by atoms with Crippen LogP contribution in [0.2, 0.25) is 10.2 Å². The molecule has 1 aliphatic rings. The maximum absolute atomic E-state index is 13.6. The Labute approximate surface area is 312 Å². The summed E-state index contributed by atoms with van der Waals surface area (Å²) in [7, 11) is -8.38. The highest BCUT2D eigenvalue weighted by Crippen LogP contribution is 2.37. The predicted octanol–water partition coefficient (Wildman–Crippen LogP) is 8.88. The molecular formula is C31H25Cl2F4N6O5S4-. The molecular weight excluding hydrogens is 812 g/mol. The summed E-state index contributed by atoms with van der Waals surface area (Å²) >= 11 is 13.2. The van der Waals surface area contributed by atoms with Crippen LogP contribution in [-0.2, 0) is 26.3 Å². The number of halogens is 6. The predicted molar refractivity (Wildman–Crippen MR) is 197 cm³/mol. The van der Waals surface area contributed by atoms with Gasteiger partial charge in [-0.25, -0.2) is 22.8 Å². The number of nitrogens with one attached hydrogen (secondary N) is 3. The molecule has 5 heterocycles. The molecule has 52 heavy (non-hydrogen) atoms. The first-order chi connectivity index (χ1) is 24.4. The van der Waals surface area contributed by atoms with E-state index in [0.29, 0.717) is 68.0 Å². The van der Waals surface area contributed by atoms with Crippen molar-refractivity contribution in [3.05, 3.63) is 106 Å². The smallest absolute Gasteiger partial charge is 0.416 e. The molecule has 0 amide bonds. The largest absolute Gasteiger partial charge is 0.699 e. The average Bonchev–Trinajstić information content (AvgIpc) is 3.73. The second kappa shape index (κ2) is 16.0. The van der Waals surface area contributed by atoms with Crippen LogP contribution < -0.4 is 14.9 Å². The van der Waals surface area contributed by atoms with Crippen molar-refractivity contribution in [1.82, 2.24) is 15.3 Å². The fourth-order valence-corrected chi connectivity index (χ4v) is 9.25. The van der Waals surface area contributed by atoms with Gasteiger partial charge in [0.2, 0.25) is 0 Å². The number of pyridine rings is 2. The lowest BCUT2D eigenvalue weighted by molar-refractivity contribution is -0.137. The third-order valence-corrected chi connectivity index (χ3v) is 12.9. The Bertz CT molecular complexity index is 2400. The zero-order valence-corrected chi connectivity index (χ0v) is 30.9. The van der Waals surface area contributed by atoms with Gasteiger partial charge in [0.25, 0.3) is 10.0 Å². The van der Waals surface area contributed by atoms with Crippen molar-refractivity contribution in [2.75, 3.05) is 35.8 Å². The molecule has 0 unspecified atom stereocenters. The molecule has 0 radical (unpaired) electrons. The minimum absolute atomic E-state index is 0.0975. The molecule has 4 aromatic heterocycles. The van der Waals surface area contributed by atoms with Crippen molar-refractivity contribution in [2.45, 2.75) is 14.6 Å². The number of hydrogen-bond donors (Lipinski definition) is 3. The lowest BCUT2D eigenvalue weighted by Gasteiger charge is -2.28. The lowest BCUT2D eigenvalue weighted by Crippen LogP contribution is -2.43. The lowest BCUT2D eigenvalue weighted by atomic mass is 10.2. The first kappa shape index (κ1) is 39.4. The number of sulfonamides is 1. The van der Waals surface area contributed by atoms with E-state index in [0.717, 1.165) is 35.8 Å². The van der Waals surface area contributed by atoms with E-state index >= 15 is 0 Å². The van der Waals surface area contributed by atoms with Crippen molar-refractivity contribution in [3.8, 4) is 0 Å². The number of fused-ring (bicyclic) bond motifs is 2. The van der Waals surface area contributed by atoms with Crippen molar-refractivity contribution in [1.29, 1.82) is 0 Å². The number of benzene rings is 2. The van der Waals surface area contributed by atoms with Crippen LogP contribution >= 0.6 is 45.9 Å². The molecule has 21 heteroatoms. The van der Waals surface area contributed by atoms with Gasteiger partial charge < -0.3 is 16.0 Å². The van der Waals surface area contributed by atoms with E-state index < -0.39 is 43.4 Å². The Morgan fingerprint density at radius 3 is 2.04 bits per heavy atom. The van der Waals surface area contributed by atoms with Gasteiger partial charge in [0.15, 0.2) is 0 Å². The summed E-state index contributed by atoms with van der Waals surface area (Å²) in [6.45, 7) is 2.98. The van der Waals surface area contributed by atoms with Crippen LogP contribution in [0.15, 0.2) is 87.5 Å². The van der Waals surface area contributed by atoms with Gasteiger partial charge >= 0.3 is 16.3 Å². The fraction of sp³-hybridized carbons (Fsp3) is 0.161. The highest BCUT2D eigenvalue weighted by Gasteiger charge is 2.32. The molecule has 4 N–H and O–H groups in total. The Morgan fingerprint density at radius 2 is 1.44 bits per heavy atom. The Balaban J connectivity index is 0.000000194. The topological polar surface area (TPSA) is 165 Å². The number of rotatable bonds is 5. The molecule has 276 valence electrons. The van der Waals surface area contributed by atoms with Crippen LogP contribution in [0.1, 0.15) is 5.56 Å². The maximum Gasteiger partial charge on any atom is 0.416 e. The standard InChI is InChI=1S/C18H16F4N4O2S2.C7H4ClNO3S2.C6H5ClN/c19-12-7-11(18(20,21)22)8-13(9-12)25-30(27,28)16-10-14-15(29-16)1-2-24-17(14)26-5-3-23-4-6-26;8-7-4-3-6(14(10,11)12)13-5(4)1-2-9-7;7-5-1-3-6(8)4-2-5/h1-2,7-10,23,25H,3-6H2;1-3H,(H,10,11,12);1-4,8H/q;;-1. The minimum atomic E-state index is -4.80. The quantitative estimate of drug-likeness (QED) is 0.0874. The average molecular weight is 837 g/mol. The van der Waals surface area contributed by atoms with E-state index in [-0.39, 0.29) is 13.6 Å². The van der Waals surface area contributed by atoms with Crippen molar-refractivity contribution >= 4 is 103 Å². The molecule has 0 saturated carbocycles. The molecule has 6 aromatic rings. The van der Waals surface area contributed by atoms with Gasteiger partial charge in [-0.15, -0.1) is 28.4 Å². The summed E-state index contributed by atoms with van der Waals surface area (Å²) in [5.41, 5.74) is 5.75. The van der Waals surface area contributed by atoms with Gasteiger partial charge in [0.05, 0.1) is 11.3 Å². The molecule has 0 aliphatic carbocycles. The van der Waals surface area contributed by atoms with Crippen LogP contribution in [-0.4, -0.2) is 57.5 Å². The second-order valence-electron chi connectivity index (χ2n) is 10.7. The van der Waals surface area contributed by atoms with Gasteiger partial charge in [0, 0.05) is 63.8 Å². The first-order valence-corrected chi connectivity index (χ1v) is 20.0. The van der Waals surface area contributed by atoms with E-state index in [1.165, 1.54) is 18.3 Å². The highest BCUT2D eigenvalue weighted by atomic mass is 35.5. The first-order valence-electron chi connectivity index (χ1n) is 14.6. The summed E-state index contributed by atoms with van der Waals surface area (Å²) in [4.78, 5) is 10.2. The van der Waals surface area contributed by atoms with Crippen molar-refractivity contribution in [2.24, 2.45) is 0 Å². The summed E-state index contributed by atoms with van der Waals surface area (Å²) in [6, 6.07) is 14.3. The molecule has 1 fully saturated rings. The Kier molecular flexibility index (Phi) is 12.2. The number of aromatic nitrogens is 2. The van der Waals surface area contributed by atoms with Gasteiger partial charge in [0.1, 0.15) is 25.2 Å². The van der Waals surface area contributed by atoms with Gasteiger partial charge in [-0.2, -0.15) is 21.6 Å². The Hall–Kier alpha value is -3.82. The van der Waals surface area contributed by atoms with E-state index in [9.17, 15) is 34.4 Å². The van der Waals surface area contributed by atoms with Gasteiger partial charge in [-0.05, 0) is 54.6 Å². The molecule has 0 atom stereocenters. The molecule has 2 aromatic carbocycles.